The van der Waals surface area contributed by atoms with Crippen molar-refractivity contribution >= 4 is 11.6 Å². The zero-order chi connectivity index (χ0) is 14.9. The minimum absolute atomic E-state index is 0.0484. The summed E-state index contributed by atoms with van der Waals surface area (Å²) in [6.45, 7) is 3.31. The van der Waals surface area contributed by atoms with E-state index in [4.69, 9.17) is 0 Å². The normalized spacial score (nSPS) is 10.3. The summed E-state index contributed by atoms with van der Waals surface area (Å²) < 4.78 is 0. The molecule has 0 aromatic heterocycles. The molecule has 0 heterocycles. The molecule has 4 nitrogen and oxygen atoms in total. The van der Waals surface area contributed by atoms with Crippen LogP contribution in [-0.2, 0) is 0 Å². The summed E-state index contributed by atoms with van der Waals surface area (Å²) >= 11 is 0. The molecule has 20 heavy (non-hydrogen) atoms. The molecule has 0 radical (unpaired) electrons. The van der Waals surface area contributed by atoms with Gasteiger partial charge in [0.1, 0.15) is 11.5 Å². The second-order valence-corrected chi connectivity index (χ2v) is 4.66. The zero-order valence-electron chi connectivity index (χ0n) is 11.2. The van der Waals surface area contributed by atoms with Gasteiger partial charge in [-0.2, -0.15) is 0 Å². The Bertz CT molecular complexity index is 640. The summed E-state index contributed by atoms with van der Waals surface area (Å²) in [5, 5.41) is 18.7. The molecule has 2 aromatic carbocycles. The predicted molar refractivity (Wildman–Crippen MR) is 74.3 cm³/mol. The molecule has 2 rings (SSSR count). The Morgan fingerprint density at radius 3 is 1.40 bits per heavy atom. The van der Waals surface area contributed by atoms with Gasteiger partial charge in [0.05, 0.1) is 0 Å². The molecule has 0 bridgehead atoms. The van der Waals surface area contributed by atoms with Crippen LogP contribution in [0.25, 0.3) is 0 Å². The standard InChI is InChI=1S/C16H14O4/c1-9-7-11(17)3-5-13(9)15(19)16(20)14-6-4-12(18)8-10(14)2/h3-8,17-18H,1-2H3. The smallest absolute Gasteiger partial charge is 0.233 e. The van der Waals surface area contributed by atoms with Crippen molar-refractivity contribution < 1.29 is 19.8 Å². The minimum Gasteiger partial charge on any atom is -0.508 e. The molecule has 0 atom stereocenters. The fraction of sp³-hybridized carbons (Fsp3) is 0.125. The van der Waals surface area contributed by atoms with Gasteiger partial charge in [-0.25, -0.2) is 0 Å². The van der Waals surface area contributed by atoms with Crippen LogP contribution in [0.1, 0.15) is 31.8 Å². The Morgan fingerprint density at radius 1 is 0.750 bits per heavy atom. The molecule has 0 fully saturated rings. The highest BCUT2D eigenvalue weighted by Gasteiger charge is 2.21. The Labute approximate surface area is 116 Å². The van der Waals surface area contributed by atoms with Crippen LogP contribution in [0.3, 0.4) is 0 Å². The number of ketones is 2. The van der Waals surface area contributed by atoms with Crippen LogP contribution in [-0.4, -0.2) is 21.8 Å². The first-order valence-corrected chi connectivity index (χ1v) is 6.08. The maximum Gasteiger partial charge on any atom is 0.233 e. The van der Waals surface area contributed by atoms with E-state index in [-0.39, 0.29) is 22.6 Å². The van der Waals surface area contributed by atoms with E-state index in [0.717, 1.165) is 0 Å². The van der Waals surface area contributed by atoms with Crippen molar-refractivity contribution in [1.82, 2.24) is 0 Å². The average molecular weight is 270 g/mol. The highest BCUT2D eigenvalue weighted by Crippen LogP contribution is 2.20. The molecule has 0 spiro atoms. The van der Waals surface area contributed by atoms with E-state index < -0.39 is 11.6 Å². The van der Waals surface area contributed by atoms with Gasteiger partial charge in [-0.1, -0.05) is 0 Å². The number of carbonyl (C=O) groups excluding carboxylic acids is 2. The van der Waals surface area contributed by atoms with Crippen molar-refractivity contribution in [3.63, 3.8) is 0 Å². The lowest BCUT2D eigenvalue weighted by molar-refractivity contribution is 0.0816. The molecular weight excluding hydrogens is 256 g/mol. The maximum atomic E-state index is 12.2. The highest BCUT2D eigenvalue weighted by molar-refractivity contribution is 6.49. The van der Waals surface area contributed by atoms with Crippen molar-refractivity contribution in [2.75, 3.05) is 0 Å². The number of phenols is 2. The number of rotatable bonds is 3. The van der Waals surface area contributed by atoms with E-state index in [2.05, 4.69) is 0 Å². The van der Waals surface area contributed by atoms with Crippen molar-refractivity contribution in [2.45, 2.75) is 13.8 Å². The van der Waals surface area contributed by atoms with Gasteiger partial charge in [-0.05, 0) is 61.4 Å². The molecule has 0 amide bonds. The Kier molecular flexibility index (Phi) is 3.57. The maximum absolute atomic E-state index is 12.2. The van der Waals surface area contributed by atoms with Gasteiger partial charge >= 0.3 is 0 Å². The van der Waals surface area contributed by atoms with Crippen LogP contribution >= 0.6 is 0 Å². The van der Waals surface area contributed by atoms with Crippen LogP contribution in [0.5, 0.6) is 11.5 Å². The fourth-order valence-electron chi connectivity index (χ4n) is 2.05. The summed E-state index contributed by atoms with van der Waals surface area (Å²) in [6.07, 6.45) is 0. The molecule has 102 valence electrons. The van der Waals surface area contributed by atoms with Gasteiger partial charge in [-0.15, -0.1) is 0 Å². The van der Waals surface area contributed by atoms with Crippen molar-refractivity contribution in [3.05, 3.63) is 58.7 Å². The van der Waals surface area contributed by atoms with Crippen LogP contribution in [0, 0.1) is 13.8 Å². The first kappa shape index (κ1) is 13.8. The molecule has 2 N–H and O–H groups in total. The number of carbonyl (C=O) groups is 2. The van der Waals surface area contributed by atoms with Gasteiger partial charge in [-0.3, -0.25) is 9.59 Å². The second kappa shape index (κ2) is 5.17. The number of Topliss-reactive ketones (excluding diaryl/α,β-unsaturated/α-hetero) is 2. The third-order valence-electron chi connectivity index (χ3n) is 3.12. The second-order valence-electron chi connectivity index (χ2n) is 4.66. The lowest BCUT2D eigenvalue weighted by atomic mass is 9.95. The minimum atomic E-state index is -0.628. The van der Waals surface area contributed by atoms with Gasteiger partial charge in [0.25, 0.3) is 0 Å². The number of benzene rings is 2. The zero-order valence-corrected chi connectivity index (χ0v) is 11.2. The fourth-order valence-corrected chi connectivity index (χ4v) is 2.05. The van der Waals surface area contributed by atoms with Crippen LogP contribution in [0.4, 0.5) is 0 Å². The third-order valence-corrected chi connectivity index (χ3v) is 3.12. The summed E-state index contributed by atoms with van der Waals surface area (Å²) in [5.74, 6) is -1.16. The van der Waals surface area contributed by atoms with E-state index in [1.165, 1.54) is 36.4 Å². The number of hydrogen-bond acceptors (Lipinski definition) is 4. The first-order valence-electron chi connectivity index (χ1n) is 6.08. The van der Waals surface area contributed by atoms with Crippen LogP contribution < -0.4 is 0 Å². The molecule has 0 saturated carbocycles. The van der Waals surface area contributed by atoms with E-state index in [9.17, 15) is 19.8 Å². The van der Waals surface area contributed by atoms with E-state index >= 15 is 0 Å². The summed E-state index contributed by atoms with van der Waals surface area (Å²) in [6, 6.07) is 8.48. The van der Waals surface area contributed by atoms with Gasteiger partial charge in [0.15, 0.2) is 0 Å². The monoisotopic (exact) mass is 270 g/mol. The topological polar surface area (TPSA) is 74.6 Å². The van der Waals surface area contributed by atoms with Gasteiger partial charge < -0.3 is 10.2 Å². The highest BCUT2D eigenvalue weighted by atomic mass is 16.3. The number of aromatic hydroxyl groups is 2. The Hall–Kier alpha value is -2.62. The first-order chi connectivity index (χ1) is 9.40. The van der Waals surface area contributed by atoms with Gasteiger partial charge in [0.2, 0.25) is 11.6 Å². The average Bonchev–Trinajstić information content (AvgIpc) is 2.37. The molecule has 0 saturated heterocycles. The number of hydrogen-bond donors (Lipinski definition) is 2. The van der Waals surface area contributed by atoms with E-state index in [1.807, 2.05) is 0 Å². The molecule has 0 aliphatic rings. The summed E-state index contributed by atoms with van der Waals surface area (Å²) in [5.41, 5.74) is 1.61. The molecule has 0 aliphatic heterocycles. The van der Waals surface area contributed by atoms with E-state index in [1.54, 1.807) is 13.8 Å². The SMILES string of the molecule is Cc1cc(O)ccc1C(=O)C(=O)c1ccc(O)cc1C. The molecule has 4 heteroatoms. The summed E-state index contributed by atoms with van der Waals surface area (Å²) in [7, 11) is 0. The Balaban J connectivity index is 2.40. The van der Waals surface area contributed by atoms with Crippen molar-refractivity contribution in [1.29, 1.82) is 0 Å². The van der Waals surface area contributed by atoms with Crippen molar-refractivity contribution in [2.24, 2.45) is 0 Å². The largest absolute Gasteiger partial charge is 0.508 e. The third kappa shape index (κ3) is 2.54. The Morgan fingerprint density at radius 2 is 1.10 bits per heavy atom. The molecular formula is C16H14O4. The lowest BCUT2D eigenvalue weighted by Crippen LogP contribution is -2.16. The number of phenolic OH excluding ortho intramolecular Hbond substituents is 2. The molecule has 0 unspecified atom stereocenters. The number of aryl methyl sites for hydroxylation is 2. The lowest BCUT2D eigenvalue weighted by Gasteiger charge is -2.07. The van der Waals surface area contributed by atoms with Crippen LogP contribution in [0.15, 0.2) is 36.4 Å². The quantitative estimate of drug-likeness (QED) is 0.664. The van der Waals surface area contributed by atoms with Crippen LogP contribution in [0.2, 0.25) is 0 Å². The molecule has 2 aromatic rings. The van der Waals surface area contributed by atoms with Gasteiger partial charge in [0, 0.05) is 11.1 Å². The molecule has 0 aliphatic carbocycles. The predicted octanol–water partition coefficient (Wildman–Crippen LogP) is 2.78. The van der Waals surface area contributed by atoms with Crippen molar-refractivity contribution in [3.8, 4) is 11.5 Å². The van der Waals surface area contributed by atoms with E-state index in [0.29, 0.717) is 11.1 Å². The summed E-state index contributed by atoms with van der Waals surface area (Å²) in [4.78, 5) is 24.4.